The van der Waals surface area contributed by atoms with Crippen LogP contribution in [0, 0.1) is 13.8 Å². The number of benzene rings is 1. The van der Waals surface area contributed by atoms with Crippen LogP contribution in [0.25, 0.3) is 0 Å². The number of rotatable bonds is 5. The molecular weight excluding hydrogens is 278 g/mol. The average Bonchev–Trinajstić information content (AvgIpc) is 2.72. The molecule has 0 unspecified atom stereocenters. The molecule has 0 saturated carbocycles. The molecule has 5 nitrogen and oxygen atoms in total. The molecule has 0 aliphatic carbocycles. The first-order chi connectivity index (χ1) is 10.4. The van der Waals surface area contributed by atoms with E-state index >= 15 is 0 Å². The lowest BCUT2D eigenvalue weighted by molar-refractivity contribution is -0.118. The molecule has 22 heavy (non-hydrogen) atoms. The molecule has 1 aromatic heterocycles. The molecule has 2 aromatic rings. The van der Waals surface area contributed by atoms with Crippen LogP contribution < -0.4 is 10.1 Å². The van der Waals surface area contributed by atoms with Crippen molar-refractivity contribution in [2.24, 2.45) is 7.05 Å². The minimum Gasteiger partial charge on any atom is -0.484 e. The molecule has 0 aliphatic rings. The van der Waals surface area contributed by atoms with E-state index in [9.17, 15) is 4.79 Å². The third kappa shape index (κ3) is 3.67. The van der Waals surface area contributed by atoms with Gasteiger partial charge in [-0.3, -0.25) is 9.48 Å². The summed E-state index contributed by atoms with van der Waals surface area (Å²) >= 11 is 0. The normalized spacial score (nSPS) is 10.8. The second-order valence-electron chi connectivity index (χ2n) is 5.73. The first-order valence-corrected chi connectivity index (χ1v) is 7.41. The Bertz CT molecular complexity index is 675. The first kappa shape index (κ1) is 16.1. The number of nitrogens with one attached hydrogen (secondary N) is 1. The largest absolute Gasteiger partial charge is 0.484 e. The first-order valence-electron chi connectivity index (χ1n) is 7.41. The van der Waals surface area contributed by atoms with Crippen molar-refractivity contribution < 1.29 is 9.53 Å². The number of aryl methyl sites for hydroxylation is 2. The van der Waals surface area contributed by atoms with Gasteiger partial charge in [0, 0.05) is 7.05 Å². The molecule has 5 heteroatoms. The summed E-state index contributed by atoms with van der Waals surface area (Å²) < 4.78 is 7.33. The zero-order chi connectivity index (χ0) is 16.3. The van der Waals surface area contributed by atoms with Gasteiger partial charge in [0.25, 0.3) is 5.91 Å². The number of carbonyl (C=O) groups excluding carboxylic acids is 1. The van der Waals surface area contributed by atoms with Gasteiger partial charge in [-0.25, -0.2) is 0 Å². The Morgan fingerprint density at radius 1 is 1.36 bits per heavy atom. The quantitative estimate of drug-likeness (QED) is 0.923. The van der Waals surface area contributed by atoms with E-state index in [4.69, 9.17) is 4.74 Å². The number of nitrogens with zero attached hydrogens (tertiary/aromatic N) is 2. The maximum absolute atomic E-state index is 12.0. The third-order valence-corrected chi connectivity index (χ3v) is 3.67. The van der Waals surface area contributed by atoms with Crippen LogP contribution in [0.15, 0.2) is 24.3 Å². The van der Waals surface area contributed by atoms with Gasteiger partial charge >= 0.3 is 0 Å². The molecule has 1 aromatic carbocycles. The Morgan fingerprint density at radius 2 is 2.09 bits per heavy atom. The number of ether oxygens (including phenoxy) is 1. The highest BCUT2D eigenvalue weighted by Crippen LogP contribution is 2.21. The van der Waals surface area contributed by atoms with Gasteiger partial charge in [-0.15, -0.1) is 0 Å². The molecule has 1 N–H and O–H groups in total. The molecule has 2 rings (SSSR count). The Balaban J connectivity index is 1.97. The van der Waals surface area contributed by atoms with E-state index in [-0.39, 0.29) is 12.5 Å². The average molecular weight is 301 g/mol. The summed E-state index contributed by atoms with van der Waals surface area (Å²) in [6.45, 7) is 8.02. The SMILES string of the molecule is Cc1nn(C)c(C)c1NC(=O)COc1cccc(C(C)C)c1. The highest BCUT2D eigenvalue weighted by molar-refractivity contribution is 5.93. The van der Waals surface area contributed by atoms with E-state index < -0.39 is 0 Å². The van der Waals surface area contributed by atoms with Gasteiger partial charge in [-0.2, -0.15) is 5.10 Å². The van der Waals surface area contributed by atoms with Crippen molar-refractivity contribution in [1.82, 2.24) is 9.78 Å². The second-order valence-corrected chi connectivity index (χ2v) is 5.73. The molecule has 0 aliphatic heterocycles. The third-order valence-electron chi connectivity index (χ3n) is 3.67. The van der Waals surface area contributed by atoms with Crippen LogP contribution in [0.5, 0.6) is 5.75 Å². The van der Waals surface area contributed by atoms with Gasteiger partial charge < -0.3 is 10.1 Å². The number of aromatic nitrogens is 2. The molecule has 0 bridgehead atoms. The summed E-state index contributed by atoms with van der Waals surface area (Å²) in [7, 11) is 1.85. The van der Waals surface area contributed by atoms with Crippen molar-refractivity contribution in [2.45, 2.75) is 33.6 Å². The van der Waals surface area contributed by atoms with Gasteiger partial charge in [0.1, 0.15) is 5.75 Å². The number of anilines is 1. The highest BCUT2D eigenvalue weighted by atomic mass is 16.5. The summed E-state index contributed by atoms with van der Waals surface area (Å²) in [6, 6.07) is 7.83. The van der Waals surface area contributed by atoms with Crippen molar-refractivity contribution in [3.63, 3.8) is 0 Å². The summed E-state index contributed by atoms with van der Waals surface area (Å²) in [5.74, 6) is 0.952. The molecule has 0 spiro atoms. The molecular formula is C17H23N3O2. The van der Waals surface area contributed by atoms with E-state index in [0.717, 1.165) is 17.1 Å². The van der Waals surface area contributed by atoms with Crippen molar-refractivity contribution in [2.75, 3.05) is 11.9 Å². The van der Waals surface area contributed by atoms with Crippen LogP contribution in [0.3, 0.4) is 0 Å². The lowest BCUT2D eigenvalue weighted by atomic mass is 10.0. The van der Waals surface area contributed by atoms with Crippen LogP contribution in [0.1, 0.15) is 36.7 Å². The Morgan fingerprint density at radius 3 is 2.68 bits per heavy atom. The molecule has 1 amide bonds. The van der Waals surface area contributed by atoms with Crippen molar-refractivity contribution in [3.05, 3.63) is 41.2 Å². The van der Waals surface area contributed by atoms with E-state index in [2.05, 4.69) is 30.3 Å². The monoisotopic (exact) mass is 301 g/mol. The molecule has 0 atom stereocenters. The van der Waals surface area contributed by atoms with Gasteiger partial charge in [0.15, 0.2) is 6.61 Å². The van der Waals surface area contributed by atoms with Crippen LogP contribution in [-0.2, 0) is 11.8 Å². The van der Waals surface area contributed by atoms with Crippen LogP contribution in [0.2, 0.25) is 0 Å². The fourth-order valence-electron chi connectivity index (χ4n) is 2.24. The maximum Gasteiger partial charge on any atom is 0.262 e. The maximum atomic E-state index is 12.0. The van der Waals surface area contributed by atoms with Gasteiger partial charge in [-0.05, 0) is 37.5 Å². The zero-order valence-electron chi connectivity index (χ0n) is 13.8. The van der Waals surface area contributed by atoms with Crippen LogP contribution in [-0.4, -0.2) is 22.3 Å². The van der Waals surface area contributed by atoms with Crippen molar-refractivity contribution in [3.8, 4) is 5.75 Å². The fourth-order valence-corrected chi connectivity index (χ4v) is 2.24. The minimum atomic E-state index is -0.186. The number of carbonyl (C=O) groups is 1. The highest BCUT2D eigenvalue weighted by Gasteiger charge is 2.13. The second kappa shape index (κ2) is 6.64. The predicted molar refractivity (Wildman–Crippen MR) is 87.3 cm³/mol. The molecule has 0 radical (unpaired) electrons. The van der Waals surface area contributed by atoms with Crippen molar-refractivity contribution >= 4 is 11.6 Å². The lowest BCUT2D eigenvalue weighted by Crippen LogP contribution is -2.21. The molecule has 118 valence electrons. The summed E-state index contributed by atoms with van der Waals surface area (Å²) in [6.07, 6.45) is 0. The van der Waals surface area contributed by atoms with Gasteiger partial charge in [0.2, 0.25) is 0 Å². The zero-order valence-corrected chi connectivity index (χ0v) is 13.8. The van der Waals surface area contributed by atoms with E-state index in [1.807, 2.05) is 39.1 Å². The van der Waals surface area contributed by atoms with Gasteiger partial charge in [-0.1, -0.05) is 26.0 Å². The summed E-state index contributed by atoms with van der Waals surface area (Å²) in [5, 5.41) is 7.13. The number of hydrogen-bond acceptors (Lipinski definition) is 3. The Hall–Kier alpha value is -2.30. The molecule has 0 saturated heterocycles. The van der Waals surface area contributed by atoms with Crippen LogP contribution >= 0.6 is 0 Å². The van der Waals surface area contributed by atoms with E-state index in [1.54, 1.807) is 4.68 Å². The summed E-state index contributed by atoms with van der Waals surface area (Å²) in [4.78, 5) is 12.0. The topological polar surface area (TPSA) is 56.2 Å². The standard InChI is InChI=1S/C17H23N3O2/c1-11(2)14-7-6-8-15(9-14)22-10-16(21)18-17-12(3)19-20(5)13(17)4/h6-9,11H,10H2,1-5H3,(H,18,21). The van der Waals surface area contributed by atoms with Gasteiger partial charge in [0.05, 0.1) is 17.1 Å². The van der Waals surface area contributed by atoms with E-state index in [0.29, 0.717) is 11.7 Å². The Labute approximate surface area is 131 Å². The number of amides is 1. The summed E-state index contributed by atoms with van der Waals surface area (Å²) in [5.41, 5.74) is 3.67. The minimum absolute atomic E-state index is 0.0185. The molecule has 1 heterocycles. The van der Waals surface area contributed by atoms with Crippen molar-refractivity contribution in [1.29, 1.82) is 0 Å². The smallest absolute Gasteiger partial charge is 0.262 e. The molecule has 0 fully saturated rings. The fraction of sp³-hybridized carbons (Fsp3) is 0.412. The lowest BCUT2D eigenvalue weighted by Gasteiger charge is -2.10. The number of hydrogen-bond donors (Lipinski definition) is 1. The predicted octanol–water partition coefficient (Wildman–Crippen LogP) is 3.18. The van der Waals surface area contributed by atoms with E-state index in [1.165, 1.54) is 5.56 Å². The Kier molecular flexibility index (Phi) is 4.85. The van der Waals surface area contributed by atoms with Crippen LogP contribution in [0.4, 0.5) is 5.69 Å².